The van der Waals surface area contributed by atoms with Crippen molar-refractivity contribution in [3.63, 3.8) is 0 Å². The number of ether oxygens (including phenoxy) is 2. The fraction of sp³-hybridized carbons (Fsp3) is 0.444. The van der Waals surface area contributed by atoms with E-state index in [-0.39, 0.29) is 12.5 Å². The minimum absolute atomic E-state index is 0.164. The van der Waals surface area contributed by atoms with Crippen LogP contribution < -0.4 is 9.47 Å². The van der Waals surface area contributed by atoms with Gasteiger partial charge in [0.2, 0.25) is 0 Å². The molecule has 0 saturated carbocycles. The van der Waals surface area contributed by atoms with Gasteiger partial charge in [0.25, 0.3) is 5.19 Å². The number of amides is 1. The van der Waals surface area contributed by atoms with E-state index in [0.29, 0.717) is 23.2 Å². The molecule has 26 heavy (non-hydrogen) atoms. The van der Waals surface area contributed by atoms with Crippen molar-refractivity contribution in [2.75, 3.05) is 20.2 Å². The van der Waals surface area contributed by atoms with E-state index in [2.05, 4.69) is 4.98 Å². The average Bonchev–Trinajstić information content (AvgIpc) is 3.23. The maximum Gasteiger partial charge on any atom is 0.407 e. The van der Waals surface area contributed by atoms with Gasteiger partial charge in [0.1, 0.15) is 0 Å². The van der Waals surface area contributed by atoms with E-state index < -0.39 is 17.6 Å². The van der Waals surface area contributed by atoms with E-state index in [1.54, 1.807) is 26.3 Å². The number of aliphatic hydroxyl groups is 1. The summed E-state index contributed by atoms with van der Waals surface area (Å²) >= 11 is 1.37. The van der Waals surface area contributed by atoms with E-state index in [9.17, 15) is 15.0 Å². The standard InChI is InChI=1S/C18H22N2O5S/c1-11(21)18(2)10-20(17(22)23)9-13(18)12-4-5-14(24-3)15(8-12)25-16-19-6-7-26-16/h4-8,11,13,21H,9-10H2,1-3H3,(H,22,23)/t11-,13+,18+/m1/s1. The van der Waals surface area contributed by atoms with Gasteiger partial charge >= 0.3 is 6.09 Å². The van der Waals surface area contributed by atoms with Crippen LogP contribution in [0.5, 0.6) is 16.7 Å². The normalized spacial score (nSPS) is 23.7. The Kier molecular flexibility index (Phi) is 5.06. The van der Waals surface area contributed by atoms with E-state index in [4.69, 9.17) is 9.47 Å². The van der Waals surface area contributed by atoms with Crippen molar-refractivity contribution in [3.05, 3.63) is 35.3 Å². The molecule has 0 radical (unpaired) electrons. The zero-order valence-corrected chi connectivity index (χ0v) is 15.7. The molecule has 8 heteroatoms. The van der Waals surface area contributed by atoms with Gasteiger partial charge < -0.3 is 24.6 Å². The minimum Gasteiger partial charge on any atom is -0.493 e. The van der Waals surface area contributed by atoms with Crippen LogP contribution in [0.15, 0.2) is 29.8 Å². The smallest absolute Gasteiger partial charge is 0.407 e. The second-order valence-corrected chi connectivity index (χ2v) is 7.56. The molecule has 0 bridgehead atoms. The fourth-order valence-corrected chi connectivity index (χ4v) is 3.91. The molecular weight excluding hydrogens is 356 g/mol. The molecule has 1 aliphatic rings. The van der Waals surface area contributed by atoms with Gasteiger partial charge in [-0.15, -0.1) is 0 Å². The second-order valence-electron chi connectivity index (χ2n) is 6.71. The second kappa shape index (κ2) is 7.13. The molecule has 1 saturated heterocycles. The number of carbonyl (C=O) groups is 1. The Labute approximate surface area is 155 Å². The SMILES string of the molecule is COc1ccc([C@@H]2CN(C(=O)O)C[C@@]2(C)[C@@H](C)O)cc1Oc1nccs1. The molecule has 0 aliphatic carbocycles. The van der Waals surface area contributed by atoms with Gasteiger partial charge in [-0.2, -0.15) is 0 Å². The summed E-state index contributed by atoms with van der Waals surface area (Å²) in [6, 6.07) is 5.53. The fourth-order valence-electron chi connectivity index (χ4n) is 3.41. The highest BCUT2D eigenvalue weighted by Gasteiger charge is 2.48. The lowest BCUT2D eigenvalue weighted by molar-refractivity contribution is 0.0481. The largest absolute Gasteiger partial charge is 0.493 e. The number of rotatable bonds is 5. The number of nitrogens with zero attached hydrogens (tertiary/aromatic N) is 2. The van der Waals surface area contributed by atoms with Crippen molar-refractivity contribution >= 4 is 17.4 Å². The van der Waals surface area contributed by atoms with Crippen molar-refractivity contribution < 1.29 is 24.5 Å². The molecule has 7 nitrogen and oxygen atoms in total. The van der Waals surface area contributed by atoms with Crippen molar-refractivity contribution in [2.24, 2.45) is 5.41 Å². The third-order valence-electron chi connectivity index (χ3n) is 5.15. The molecule has 2 N–H and O–H groups in total. The monoisotopic (exact) mass is 378 g/mol. The topological polar surface area (TPSA) is 92.1 Å². The summed E-state index contributed by atoms with van der Waals surface area (Å²) in [5.74, 6) is 0.917. The van der Waals surface area contributed by atoms with Gasteiger partial charge in [-0.25, -0.2) is 9.78 Å². The van der Waals surface area contributed by atoms with E-state index >= 15 is 0 Å². The van der Waals surface area contributed by atoms with Crippen molar-refractivity contribution in [1.82, 2.24) is 9.88 Å². The van der Waals surface area contributed by atoms with E-state index in [1.807, 2.05) is 24.4 Å². The average molecular weight is 378 g/mol. The highest BCUT2D eigenvalue weighted by Crippen LogP contribution is 2.47. The highest BCUT2D eigenvalue weighted by molar-refractivity contribution is 7.11. The molecule has 1 aromatic heterocycles. The predicted molar refractivity (Wildman–Crippen MR) is 97.3 cm³/mol. The summed E-state index contributed by atoms with van der Waals surface area (Å²) in [5.41, 5.74) is 0.301. The number of benzene rings is 1. The van der Waals surface area contributed by atoms with Crippen LogP contribution in [0, 0.1) is 5.41 Å². The summed E-state index contributed by atoms with van der Waals surface area (Å²) in [4.78, 5) is 16.9. The van der Waals surface area contributed by atoms with Crippen molar-refractivity contribution in [1.29, 1.82) is 0 Å². The number of aromatic nitrogens is 1. The number of aliphatic hydroxyl groups excluding tert-OH is 1. The molecule has 1 aromatic carbocycles. The first-order chi connectivity index (χ1) is 12.3. The molecular formula is C18H22N2O5S. The Morgan fingerprint density at radius 2 is 2.23 bits per heavy atom. The lowest BCUT2D eigenvalue weighted by Crippen LogP contribution is -2.37. The van der Waals surface area contributed by atoms with Crippen LogP contribution in [-0.4, -0.2) is 52.5 Å². The Bertz CT molecular complexity index is 780. The Balaban J connectivity index is 1.98. The molecule has 1 fully saturated rings. The van der Waals surface area contributed by atoms with Gasteiger partial charge in [0.15, 0.2) is 11.5 Å². The third-order valence-corrected chi connectivity index (χ3v) is 5.80. The van der Waals surface area contributed by atoms with Gasteiger partial charge in [-0.1, -0.05) is 24.3 Å². The Hall–Kier alpha value is -2.32. The number of hydrogen-bond acceptors (Lipinski definition) is 6. The first kappa shape index (κ1) is 18.5. The Morgan fingerprint density at radius 1 is 1.46 bits per heavy atom. The molecule has 2 aromatic rings. The third kappa shape index (κ3) is 3.34. The number of hydrogen-bond donors (Lipinski definition) is 2. The molecule has 1 amide bonds. The first-order valence-corrected chi connectivity index (χ1v) is 9.14. The van der Waals surface area contributed by atoms with Crippen LogP contribution in [-0.2, 0) is 0 Å². The van der Waals surface area contributed by atoms with Crippen molar-refractivity contribution in [2.45, 2.75) is 25.9 Å². The zero-order valence-electron chi connectivity index (χ0n) is 14.9. The molecule has 3 atom stereocenters. The van der Waals surface area contributed by atoms with Crippen molar-refractivity contribution in [3.8, 4) is 16.7 Å². The molecule has 3 rings (SSSR count). The highest BCUT2D eigenvalue weighted by atomic mass is 32.1. The molecule has 140 valence electrons. The summed E-state index contributed by atoms with van der Waals surface area (Å²) in [7, 11) is 1.56. The van der Waals surface area contributed by atoms with E-state index in [0.717, 1.165) is 5.56 Å². The van der Waals surface area contributed by atoms with Crippen LogP contribution in [0.4, 0.5) is 4.79 Å². The van der Waals surface area contributed by atoms with Crippen LogP contribution in [0.1, 0.15) is 25.3 Å². The first-order valence-electron chi connectivity index (χ1n) is 8.26. The number of likely N-dealkylation sites (tertiary alicyclic amines) is 1. The zero-order chi connectivity index (χ0) is 18.9. The molecule has 0 unspecified atom stereocenters. The van der Waals surface area contributed by atoms with Crippen LogP contribution >= 0.6 is 11.3 Å². The summed E-state index contributed by atoms with van der Waals surface area (Å²) < 4.78 is 11.2. The number of methoxy groups -OCH3 is 1. The van der Waals surface area contributed by atoms with Gasteiger partial charge in [0, 0.05) is 36.0 Å². The van der Waals surface area contributed by atoms with Crippen LogP contribution in [0.3, 0.4) is 0 Å². The maximum atomic E-state index is 11.5. The summed E-state index contributed by atoms with van der Waals surface area (Å²) in [5, 5.41) is 22.0. The number of carboxylic acid groups (broad SMARTS) is 1. The number of thiazole rings is 1. The molecule has 1 aliphatic heterocycles. The van der Waals surface area contributed by atoms with Gasteiger partial charge in [-0.05, 0) is 24.6 Å². The van der Waals surface area contributed by atoms with Gasteiger partial charge in [-0.3, -0.25) is 0 Å². The van der Waals surface area contributed by atoms with Gasteiger partial charge in [0.05, 0.1) is 13.2 Å². The summed E-state index contributed by atoms with van der Waals surface area (Å²) in [6.45, 7) is 4.21. The quantitative estimate of drug-likeness (QED) is 0.828. The lowest BCUT2D eigenvalue weighted by atomic mass is 9.72. The minimum atomic E-state index is -0.979. The summed E-state index contributed by atoms with van der Waals surface area (Å²) in [6.07, 6.45) is 0.0113. The Morgan fingerprint density at radius 3 is 2.81 bits per heavy atom. The van der Waals surface area contributed by atoms with E-state index in [1.165, 1.54) is 16.2 Å². The lowest BCUT2D eigenvalue weighted by Gasteiger charge is -2.33. The molecule has 0 spiro atoms. The van der Waals surface area contributed by atoms with Crippen LogP contribution in [0.25, 0.3) is 0 Å². The van der Waals surface area contributed by atoms with Crippen LogP contribution in [0.2, 0.25) is 0 Å². The molecule has 2 heterocycles. The predicted octanol–water partition coefficient (Wildman–Crippen LogP) is 3.41. The maximum absolute atomic E-state index is 11.5.